The van der Waals surface area contributed by atoms with E-state index in [1.165, 1.54) is 12.1 Å². The minimum absolute atomic E-state index is 0. The van der Waals surface area contributed by atoms with Crippen molar-refractivity contribution in [2.24, 2.45) is 5.73 Å². The molecule has 1 aromatic carbocycles. The van der Waals surface area contributed by atoms with Gasteiger partial charge in [-0.05, 0) is 45.6 Å². The fourth-order valence-corrected chi connectivity index (χ4v) is 3.34. The van der Waals surface area contributed by atoms with Crippen molar-refractivity contribution in [3.05, 3.63) is 38.7 Å². The molecule has 0 saturated heterocycles. The Bertz CT molecular complexity index is 877. The van der Waals surface area contributed by atoms with Crippen molar-refractivity contribution in [3.8, 4) is 17.5 Å². The van der Waals surface area contributed by atoms with Crippen LogP contribution >= 0.6 is 47.2 Å². The number of nitriles is 1. The molecule has 0 aliphatic carbocycles. The number of halogens is 4. The van der Waals surface area contributed by atoms with Crippen LogP contribution in [0.5, 0.6) is 0 Å². The normalized spacial score (nSPS) is 11.8. The number of nitrogens with two attached hydrogens (primary N) is 1. The first-order valence-electron chi connectivity index (χ1n) is 8.24. The van der Waals surface area contributed by atoms with E-state index in [9.17, 15) is 10.1 Å². The first-order valence-corrected chi connectivity index (χ1v) is 9.37. The highest BCUT2D eigenvalue weighted by Gasteiger charge is 2.28. The third-order valence-corrected chi connectivity index (χ3v) is 5.01. The lowest BCUT2D eigenvalue weighted by atomic mass is 9.97. The summed E-state index contributed by atoms with van der Waals surface area (Å²) in [5.41, 5.74) is 5.88. The summed E-state index contributed by atoms with van der Waals surface area (Å²) < 4.78 is 5.74. The largest absolute Gasteiger partial charge is 0.439 e. The summed E-state index contributed by atoms with van der Waals surface area (Å²) in [5, 5.41) is 10.2. The van der Waals surface area contributed by atoms with Crippen LogP contribution in [-0.2, 0) is 4.79 Å². The molecule has 1 heterocycles. The number of amides is 1. The number of rotatable bonds is 8. The first kappa shape index (κ1) is 24.5. The van der Waals surface area contributed by atoms with Crippen molar-refractivity contribution >= 4 is 53.1 Å². The Morgan fingerprint density at radius 2 is 2.00 bits per heavy atom. The molecule has 1 unspecified atom stereocenters. The molecule has 2 rings (SSSR count). The third kappa shape index (κ3) is 6.00. The van der Waals surface area contributed by atoms with E-state index < -0.39 is 11.8 Å². The fraction of sp³-hybridized carbons (Fsp3) is 0.389. The van der Waals surface area contributed by atoms with E-state index in [-0.39, 0.29) is 39.8 Å². The number of hydrogen-bond acceptors (Lipinski definition) is 5. The van der Waals surface area contributed by atoms with E-state index in [1.807, 2.05) is 20.2 Å². The number of benzene rings is 1. The summed E-state index contributed by atoms with van der Waals surface area (Å²) in [7, 11) is 3.95. The highest BCUT2D eigenvalue weighted by atomic mass is 35.5. The molecule has 152 valence electrons. The quantitative estimate of drug-likeness (QED) is 0.441. The van der Waals surface area contributed by atoms with E-state index in [0.717, 1.165) is 19.4 Å². The number of carbonyl (C=O) groups excluding carboxylic acids is 1. The molecule has 6 nitrogen and oxygen atoms in total. The van der Waals surface area contributed by atoms with Gasteiger partial charge in [0.1, 0.15) is 6.07 Å². The molecule has 0 bridgehead atoms. The number of unbranched alkanes of at least 4 members (excludes halogenated alkanes) is 1. The lowest BCUT2D eigenvalue weighted by molar-refractivity contribution is -0.120. The Hall–Kier alpha value is -1.49. The van der Waals surface area contributed by atoms with Crippen LogP contribution in [-0.4, -0.2) is 36.4 Å². The predicted octanol–water partition coefficient (Wildman–Crippen LogP) is 4.90. The second-order valence-corrected chi connectivity index (χ2v) is 7.57. The van der Waals surface area contributed by atoms with Crippen LogP contribution in [0.4, 0.5) is 0 Å². The number of aromatic nitrogens is 1. The molecule has 0 saturated carbocycles. The van der Waals surface area contributed by atoms with Crippen LogP contribution in [0.2, 0.25) is 15.1 Å². The maximum atomic E-state index is 12.0. The summed E-state index contributed by atoms with van der Waals surface area (Å²) in [4.78, 5) is 18.2. The average Bonchev–Trinajstić information content (AvgIpc) is 3.01. The highest BCUT2D eigenvalue weighted by Crippen LogP contribution is 2.38. The number of oxazole rings is 1. The molecule has 10 heteroatoms. The summed E-state index contributed by atoms with van der Waals surface area (Å²) in [6.07, 6.45) is 2.09. The number of primary amides is 1. The van der Waals surface area contributed by atoms with Gasteiger partial charge in [-0.2, -0.15) is 10.2 Å². The second kappa shape index (κ2) is 10.9. The van der Waals surface area contributed by atoms with Gasteiger partial charge in [0.2, 0.25) is 11.8 Å². The summed E-state index contributed by atoms with van der Waals surface area (Å²) in [5.74, 6) is -1.13. The SMILES string of the molecule is CN(C)CCCCC(C(N)=O)c1oc(-c2cc(Cl)cc(Cl)c2Cl)nc1C#N.Cl. The topological polar surface area (TPSA) is 96.2 Å². The summed E-state index contributed by atoms with van der Waals surface area (Å²) >= 11 is 18.3. The molecular formula is C18H20Cl4N4O2. The Labute approximate surface area is 185 Å². The standard InChI is InChI=1S/C18H19Cl3N4O2.ClH/c1-25(2)6-4-3-5-11(17(23)26)16-14(9-22)24-18(27-16)12-7-10(19)8-13(20)15(12)21;/h7-8,11H,3-6H2,1-2H3,(H2,23,26);1H. The van der Waals surface area contributed by atoms with E-state index in [0.29, 0.717) is 17.0 Å². The molecule has 1 amide bonds. The predicted molar refractivity (Wildman–Crippen MR) is 113 cm³/mol. The van der Waals surface area contributed by atoms with Gasteiger partial charge >= 0.3 is 0 Å². The molecule has 0 fully saturated rings. The Morgan fingerprint density at radius 3 is 2.57 bits per heavy atom. The van der Waals surface area contributed by atoms with Gasteiger partial charge in [-0.1, -0.05) is 41.2 Å². The number of nitrogens with zero attached hydrogens (tertiary/aromatic N) is 3. The Kier molecular flexibility index (Phi) is 9.55. The van der Waals surface area contributed by atoms with E-state index in [4.69, 9.17) is 45.0 Å². The van der Waals surface area contributed by atoms with Gasteiger partial charge in [-0.25, -0.2) is 0 Å². The molecule has 0 radical (unpaired) electrons. The molecule has 0 aliphatic heterocycles. The van der Waals surface area contributed by atoms with E-state index in [2.05, 4.69) is 9.88 Å². The van der Waals surface area contributed by atoms with Gasteiger partial charge in [-0.15, -0.1) is 12.4 Å². The zero-order valence-corrected chi connectivity index (χ0v) is 18.4. The van der Waals surface area contributed by atoms with Crippen molar-refractivity contribution in [2.45, 2.75) is 25.2 Å². The van der Waals surface area contributed by atoms with Crippen LogP contribution < -0.4 is 5.73 Å². The van der Waals surface area contributed by atoms with Crippen LogP contribution in [0.25, 0.3) is 11.5 Å². The van der Waals surface area contributed by atoms with Gasteiger partial charge in [0.05, 0.1) is 21.5 Å². The maximum absolute atomic E-state index is 12.0. The van der Waals surface area contributed by atoms with E-state index in [1.54, 1.807) is 0 Å². The molecule has 0 aliphatic rings. The minimum atomic E-state index is -0.753. The minimum Gasteiger partial charge on any atom is -0.439 e. The average molecular weight is 466 g/mol. The van der Waals surface area contributed by atoms with Crippen molar-refractivity contribution < 1.29 is 9.21 Å². The highest BCUT2D eigenvalue weighted by molar-refractivity contribution is 6.44. The van der Waals surface area contributed by atoms with Gasteiger partial charge in [0.25, 0.3) is 0 Å². The molecule has 28 heavy (non-hydrogen) atoms. The fourth-order valence-electron chi connectivity index (χ4n) is 2.65. The molecule has 1 aromatic heterocycles. The van der Waals surface area contributed by atoms with Gasteiger partial charge in [-0.3, -0.25) is 4.79 Å². The number of hydrogen-bond donors (Lipinski definition) is 1. The van der Waals surface area contributed by atoms with Crippen molar-refractivity contribution in [1.82, 2.24) is 9.88 Å². The third-order valence-electron chi connectivity index (χ3n) is 3.99. The van der Waals surface area contributed by atoms with Crippen LogP contribution in [0, 0.1) is 11.3 Å². The van der Waals surface area contributed by atoms with Crippen LogP contribution in [0.3, 0.4) is 0 Å². The van der Waals surface area contributed by atoms with Crippen LogP contribution in [0.15, 0.2) is 16.5 Å². The Balaban J connectivity index is 0.00000392. The summed E-state index contributed by atoms with van der Waals surface area (Å²) in [6.45, 7) is 0.884. The molecule has 0 spiro atoms. The monoisotopic (exact) mass is 464 g/mol. The smallest absolute Gasteiger partial charge is 0.229 e. The van der Waals surface area contributed by atoms with Crippen molar-refractivity contribution in [2.75, 3.05) is 20.6 Å². The lowest BCUT2D eigenvalue weighted by Crippen LogP contribution is -2.22. The first-order chi connectivity index (χ1) is 12.7. The van der Waals surface area contributed by atoms with Crippen LogP contribution in [0.1, 0.15) is 36.6 Å². The van der Waals surface area contributed by atoms with E-state index >= 15 is 0 Å². The lowest BCUT2D eigenvalue weighted by Gasteiger charge is -2.12. The zero-order valence-electron chi connectivity index (χ0n) is 15.3. The molecule has 2 N–H and O–H groups in total. The molecular weight excluding hydrogens is 446 g/mol. The van der Waals surface area contributed by atoms with Crippen molar-refractivity contribution in [3.63, 3.8) is 0 Å². The zero-order chi connectivity index (χ0) is 20.1. The molecule has 2 aromatic rings. The maximum Gasteiger partial charge on any atom is 0.229 e. The van der Waals surface area contributed by atoms with Gasteiger partial charge in [0.15, 0.2) is 11.5 Å². The van der Waals surface area contributed by atoms with Gasteiger partial charge in [0, 0.05) is 5.02 Å². The molecule has 1 atom stereocenters. The summed E-state index contributed by atoms with van der Waals surface area (Å²) in [6, 6.07) is 4.97. The van der Waals surface area contributed by atoms with Crippen molar-refractivity contribution in [1.29, 1.82) is 5.26 Å². The van der Waals surface area contributed by atoms with Gasteiger partial charge < -0.3 is 15.1 Å². The number of carbonyl (C=O) groups is 1. The Morgan fingerprint density at radius 1 is 1.32 bits per heavy atom. The second-order valence-electron chi connectivity index (χ2n) is 6.35.